The van der Waals surface area contributed by atoms with Gasteiger partial charge in [0.1, 0.15) is 5.78 Å². The number of Topliss-reactive ketones (excluding diaryl/α,β-unsaturated/α-hetero) is 1. The minimum atomic E-state index is 0.294. The van der Waals surface area contributed by atoms with Crippen molar-refractivity contribution in [3.05, 3.63) is 0 Å². The number of likely N-dealkylation sites (N-methyl/N-ethyl adjacent to an activating group) is 1. The summed E-state index contributed by atoms with van der Waals surface area (Å²) in [5, 5.41) is 0. The Morgan fingerprint density at radius 2 is 1.88 bits per heavy atom. The zero-order chi connectivity index (χ0) is 12.5. The first-order valence-electron chi connectivity index (χ1n) is 6.90. The van der Waals surface area contributed by atoms with Gasteiger partial charge in [-0.15, -0.1) is 0 Å². The van der Waals surface area contributed by atoms with E-state index in [9.17, 15) is 4.79 Å². The van der Waals surface area contributed by atoms with Crippen LogP contribution in [0.5, 0.6) is 0 Å². The van der Waals surface area contributed by atoms with Crippen molar-refractivity contribution in [2.75, 3.05) is 39.8 Å². The molecule has 1 aliphatic carbocycles. The summed E-state index contributed by atoms with van der Waals surface area (Å²) in [6.45, 7) is 10.1. The molecule has 0 aromatic carbocycles. The van der Waals surface area contributed by atoms with Gasteiger partial charge in [-0.25, -0.2) is 0 Å². The van der Waals surface area contributed by atoms with Gasteiger partial charge in [0.05, 0.1) is 0 Å². The highest BCUT2D eigenvalue weighted by Crippen LogP contribution is 2.37. The van der Waals surface area contributed by atoms with E-state index in [4.69, 9.17) is 0 Å². The summed E-state index contributed by atoms with van der Waals surface area (Å²) < 4.78 is 0. The van der Waals surface area contributed by atoms with Crippen molar-refractivity contribution in [3.63, 3.8) is 0 Å². The van der Waals surface area contributed by atoms with Gasteiger partial charge in [0, 0.05) is 45.1 Å². The quantitative estimate of drug-likeness (QED) is 0.730. The maximum Gasteiger partial charge on any atom is 0.137 e. The molecule has 1 atom stereocenters. The van der Waals surface area contributed by atoms with Crippen molar-refractivity contribution in [2.24, 2.45) is 11.3 Å². The van der Waals surface area contributed by atoms with Crippen LogP contribution in [0.4, 0.5) is 0 Å². The van der Waals surface area contributed by atoms with E-state index >= 15 is 0 Å². The van der Waals surface area contributed by atoms with Crippen LogP contribution in [0.15, 0.2) is 0 Å². The molecule has 1 saturated heterocycles. The van der Waals surface area contributed by atoms with E-state index in [1.165, 1.54) is 0 Å². The molecule has 2 rings (SSSR count). The topological polar surface area (TPSA) is 23.6 Å². The van der Waals surface area contributed by atoms with Crippen LogP contribution in [0.3, 0.4) is 0 Å². The Balaban J connectivity index is 1.86. The molecule has 98 valence electrons. The zero-order valence-corrected chi connectivity index (χ0v) is 11.5. The Bertz CT molecular complexity index is 280. The lowest BCUT2D eigenvalue weighted by molar-refractivity contribution is -0.128. The summed E-state index contributed by atoms with van der Waals surface area (Å²) in [5.74, 6) is 0.797. The van der Waals surface area contributed by atoms with Crippen molar-refractivity contribution in [1.82, 2.24) is 9.80 Å². The molecule has 2 fully saturated rings. The van der Waals surface area contributed by atoms with E-state index in [1.54, 1.807) is 0 Å². The summed E-state index contributed by atoms with van der Waals surface area (Å²) in [6, 6.07) is 0. The van der Waals surface area contributed by atoms with Crippen LogP contribution in [0.25, 0.3) is 0 Å². The molecule has 3 heteroatoms. The first-order valence-corrected chi connectivity index (χ1v) is 6.90. The van der Waals surface area contributed by atoms with Gasteiger partial charge in [0.25, 0.3) is 0 Å². The van der Waals surface area contributed by atoms with Gasteiger partial charge in [-0.1, -0.05) is 13.8 Å². The molecule has 1 heterocycles. The normalized spacial score (nSPS) is 31.7. The highest BCUT2D eigenvalue weighted by atomic mass is 16.1. The van der Waals surface area contributed by atoms with Crippen molar-refractivity contribution < 1.29 is 4.79 Å². The van der Waals surface area contributed by atoms with Gasteiger partial charge in [0.2, 0.25) is 0 Å². The van der Waals surface area contributed by atoms with Crippen LogP contribution >= 0.6 is 0 Å². The highest BCUT2D eigenvalue weighted by Gasteiger charge is 2.34. The molecule has 1 aliphatic heterocycles. The molecule has 0 radical (unpaired) electrons. The molecular weight excluding hydrogens is 212 g/mol. The van der Waals surface area contributed by atoms with Gasteiger partial charge in [-0.05, 0) is 25.3 Å². The molecule has 17 heavy (non-hydrogen) atoms. The fourth-order valence-corrected chi connectivity index (χ4v) is 3.06. The number of carbonyl (C=O) groups excluding carboxylic acids is 1. The second-order valence-electron chi connectivity index (χ2n) is 6.64. The predicted molar refractivity (Wildman–Crippen MR) is 70.1 cm³/mol. The summed E-state index contributed by atoms with van der Waals surface area (Å²) in [5.41, 5.74) is 0.366. The standard InChI is InChI=1S/C14H26N2O/c1-14(2)5-4-13(17)12(10-14)11-16-8-6-15(3)7-9-16/h12H,4-11H2,1-3H3. The molecule has 0 N–H and O–H groups in total. The van der Waals surface area contributed by atoms with Gasteiger partial charge in [-0.3, -0.25) is 4.79 Å². The average Bonchev–Trinajstić information content (AvgIpc) is 2.26. The lowest BCUT2D eigenvalue weighted by atomic mass is 9.71. The molecule has 0 spiro atoms. The lowest BCUT2D eigenvalue weighted by Crippen LogP contribution is -2.48. The number of carbonyl (C=O) groups is 1. The third-order valence-corrected chi connectivity index (χ3v) is 4.38. The lowest BCUT2D eigenvalue weighted by Gasteiger charge is -2.39. The smallest absolute Gasteiger partial charge is 0.137 e. The van der Waals surface area contributed by atoms with E-state index < -0.39 is 0 Å². The maximum absolute atomic E-state index is 12.0. The second kappa shape index (κ2) is 5.07. The SMILES string of the molecule is CN1CCN(CC2CC(C)(C)CCC2=O)CC1. The first-order chi connectivity index (χ1) is 7.96. The van der Waals surface area contributed by atoms with E-state index in [1.807, 2.05) is 0 Å². The Morgan fingerprint density at radius 1 is 1.24 bits per heavy atom. The summed E-state index contributed by atoms with van der Waals surface area (Å²) in [6.07, 6.45) is 2.95. The minimum Gasteiger partial charge on any atom is -0.304 e. The second-order valence-corrected chi connectivity index (χ2v) is 6.64. The Hall–Kier alpha value is -0.410. The number of nitrogens with zero attached hydrogens (tertiary/aromatic N) is 2. The van der Waals surface area contributed by atoms with E-state index in [0.29, 0.717) is 17.1 Å². The number of rotatable bonds is 2. The first kappa shape index (κ1) is 13.0. The Labute approximate surface area is 105 Å². The van der Waals surface area contributed by atoms with E-state index in [-0.39, 0.29) is 0 Å². The van der Waals surface area contributed by atoms with Crippen molar-refractivity contribution in [3.8, 4) is 0 Å². The van der Waals surface area contributed by atoms with Gasteiger partial charge < -0.3 is 9.80 Å². The van der Waals surface area contributed by atoms with Gasteiger partial charge >= 0.3 is 0 Å². The Morgan fingerprint density at radius 3 is 2.53 bits per heavy atom. The van der Waals surface area contributed by atoms with E-state index in [0.717, 1.165) is 52.0 Å². The number of hydrogen-bond donors (Lipinski definition) is 0. The van der Waals surface area contributed by atoms with Crippen molar-refractivity contribution in [2.45, 2.75) is 33.1 Å². The van der Waals surface area contributed by atoms with Crippen LogP contribution in [0.1, 0.15) is 33.1 Å². The molecule has 0 aromatic rings. The largest absolute Gasteiger partial charge is 0.304 e. The van der Waals surface area contributed by atoms with Gasteiger partial charge in [0.15, 0.2) is 0 Å². The third kappa shape index (κ3) is 3.52. The van der Waals surface area contributed by atoms with Crippen LogP contribution in [-0.4, -0.2) is 55.4 Å². The molecule has 3 nitrogen and oxygen atoms in total. The van der Waals surface area contributed by atoms with Crippen molar-refractivity contribution in [1.29, 1.82) is 0 Å². The molecule has 0 amide bonds. The summed E-state index contributed by atoms with van der Waals surface area (Å²) in [4.78, 5) is 16.8. The van der Waals surface area contributed by atoms with Crippen LogP contribution in [-0.2, 0) is 4.79 Å². The van der Waals surface area contributed by atoms with Crippen molar-refractivity contribution >= 4 is 5.78 Å². The number of ketones is 1. The fraction of sp³-hybridized carbons (Fsp3) is 0.929. The predicted octanol–water partition coefficient (Wildman–Crippen LogP) is 1.63. The maximum atomic E-state index is 12.0. The summed E-state index contributed by atoms with van der Waals surface area (Å²) in [7, 11) is 2.17. The van der Waals surface area contributed by atoms with Crippen LogP contribution in [0.2, 0.25) is 0 Å². The van der Waals surface area contributed by atoms with Crippen LogP contribution < -0.4 is 0 Å². The number of hydrogen-bond acceptors (Lipinski definition) is 3. The molecule has 2 aliphatic rings. The monoisotopic (exact) mass is 238 g/mol. The van der Waals surface area contributed by atoms with Crippen LogP contribution in [0, 0.1) is 11.3 Å². The zero-order valence-electron chi connectivity index (χ0n) is 11.5. The highest BCUT2D eigenvalue weighted by molar-refractivity contribution is 5.82. The molecule has 0 aromatic heterocycles. The van der Waals surface area contributed by atoms with E-state index in [2.05, 4.69) is 30.7 Å². The minimum absolute atomic E-state index is 0.294. The molecule has 0 bridgehead atoms. The molecule has 1 saturated carbocycles. The van der Waals surface area contributed by atoms with Gasteiger partial charge in [-0.2, -0.15) is 0 Å². The fourth-order valence-electron chi connectivity index (χ4n) is 3.06. The number of piperazine rings is 1. The Kier molecular flexibility index (Phi) is 3.88. The molecule has 1 unspecified atom stereocenters. The summed E-state index contributed by atoms with van der Waals surface area (Å²) >= 11 is 0. The average molecular weight is 238 g/mol. The molecular formula is C14H26N2O. The third-order valence-electron chi connectivity index (χ3n) is 4.38.